The molecule has 2 N–H and O–H groups in total. The van der Waals surface area contributed by atoms with Crippen LogP contribution in [0.5, 0.6) is 0 Å². The molecule has 0 unspecified atom stereocenters. The maximum absolute atomic E-state index is 13.7. The summed E-state index contributed by atoms with van der Waals surface area (Å²) < 4.78 is 87.5. The molecular formula is C47H64BClF4N12O6. The molecule has 3 aromatic heterocycles. The monoisotopic (exact) mass is 1010 g/mol. The molecule has 5 aliphatic heterocycles. The van der Waals surface area contributed by atoms with E-state index in [0.717, 1.165) is 38.7 Å². The van der Waals surface area contributed by atoms with Crippen LogP contribution in [-0.2, 0) is 28.3 Å². The third-order valence-corrected chi connectivity index (χ3v) is 12.9. The molecule has 9 rings (SSSR count). The Morgan fingerprint density at radius 1 is 0.718 bits per heavy atom. The van der Waals surface area contributed by atoms with Crippen molar-refractivity contribution < 1.29 is 45.8 Å². The summed E-state index contributed by atoms with van der Waals surface area (Å²) in [7, 11) is 2.70. The summed E-state index contributed by atoms with van der Waals surface area (Å²) in [5.74, 6) is 3.03. The van der Waals surface area contributed by atoms with Gasteiger partial charge in [0.05, 0.1) is 82.1 Å². The van der Waals surface area contributed by atoms with Gasteiger partial charge in [0.25, 0.3) is 12.9 Å². The van der Waals surface area contributed by atoms with Crippen molar-refractivity contribution in [3.8, 4) is 11.3 Å². The number of aromatic nitrogens is 5. The lowest BCUT2D eigenvalue weighted by atomic mass is 9.77. The maximum atomic E-state index is 13.7. The Morgan fingerprint density at radius 2 is 1.27 bits per heavy atom. The number of hydrogen-bond acceptors (Lipinski definition) is 17. The van der Waals surface area contributed by atoms with Crippen molar-refractivity contribution in [3.63, 3.8) is 0 Å². The number of pyridine rings is 1. The van der Waals surface area contributed by atoms with Gasteiger partial charge in [0.1, 0.15) is 16.8 Å². The van der Waals surface area contributed by atoms with Crippen LogP contribution in [0, 0.1) is 0 Å². The van der Waals surface area contributed by atoms with E-state index in [0.29, 0.717) is 106 Å². The topological polar surface area (TPSA) is 174 Å². The first-order valence-corrected chi connectivity index (χ1v) is 24.0. The van der Waals surface area contributed by atoms with E-state index in [1.807, 2.05) is 38.7 Å². The van der Waals surface area contributed by atoms with Crippen LogP contribution in [0.1, 0.15) is 58.6 Å². The summed E-state index contributed by atoms with van der Waals surface area (Å²) in [5, 5.41) is 0.482. The van der Waals surface area contributed by atoms with Crippen LogP contribution in [0.15, 0.2) is 47.6 Å². The smallest absolute Gasteiger partial charge is 0.399 e. The van der Waals surface area contributed by atoms with E-state index < -0.39 is 31.2 Å². The van der Waals surface area contributed by atoms with E-state index in [1.54, 1.807) is 37.2 Å². The van der Waals surface area contributed by atoms with Gasteiger partial charge in [-0.3, -0.25) is 0 Å². The largest absolute Gasteiger partial charge is 0.496 e. The Morgan fingerprint density at radius 3 is 1.83 bits per heavy atom. The van der Waals surface area contributed by atoms with E-state index in [1.165, 1.54) is 24.7 Å². The lowest BCUT2D eigenvalue weighted by Gasteiger charge is -2.34. The number of alkyl halides is 4. The van der Waals surface area contributed by atoms with Gasteiger partial charge in [-0.2, -0.15) is 9.97 Å². The summed E-state index contributed by atoms with van der Waals surface area (Å²) in [6, 6.07) is 9.65. The average Bonchev–Trinajstić information content (AvgIpc) is 3.59. The van der Waals surface area contributed by atoms with Gasteiger partial charge in [-0.05, 0) is 52.8 Å². The minimum Gasteiger partial charge on any atom is -0.399 e. The number of aliphatic imine (C=N–C) groups is 1. The highest BCUT2D eigenvalue weighted by atomic mass is 35.5. The number of nitrogen functional groups attached to an aromatic ring is 1. The number of anilines is 5. The van der Waals surface area contributed by atoms with E-state index in [-0.39, 0.29) is 28.4 Å². The van der Waals surface area contributed by atoms with Crippen LogP contribution in [-0.4, -0.2) is 173 Å². The molecule has 0 amide bonds. The van der Waals surface area contributed by atoms with Gasteiger partial charge in [0, 0.05) is 106 Å². The fraction of sp³-hybridized carbons (Fsp3) is 0.574. The van der Waals surface area contributed by atoms with Crippen molar-refractivity contribution in [1.29, 1.82) is 0 Å². The van der Waals surface area contributed by atoms with Crippen molar-refractivity contribution in [2.75, 3.05) is 138 Å². The number of hydrogen-bond donors (Lipinski definition) is 1. The van der Waals surface area contributed by atoms with Crippen LogP contribution < -0.4 is 30.8 Å². The Hall–Kier alpha value is -5.17. The molecule has 4 aromatic rings. The molecule has 5 aliphatic rings. The zero-order chi connectivity index (χ0) is 50.9. The van der Waals surface area contributed by atoms with E-state index in [4.69, 9.17) is 50.6 Å². The third kappa shape index (κ3) is 13.9. The molecule has 5 fully saturated rings. The molecule has 24 heteroatoms. The molecule has 0 spiro atoms. The van der Waals surface area contributed by atoms with Crippen molar-refractivity contribution in [2.24, 2.45) is 4.99 Å². The SMILES string of the molecule is CN(C)C=Nc1cc(C(F)F)c(B2OC(C)(C)C(C)(C)O2)cn1.C[C@H]1COCCN1c1nc(Cl)cc(N2CCOCC2)n1.Nc1ccc(-c2cc(N3CCOCC3)nc(N3CCOCC3)n2)c(C(F)F)c1. The van der Waals surface area contributed by atoms with Crippen molar-refractivity contribution >= 4 is 65.6 Å². The zero-order valence-corrected chi connectivity index (χ0v) is 42.1. The summed E-state index contributed by atoms with van der Waals surface area (Å²) in [5.41, 5.74) is 5.60. The van der Waals surface area contributed by atoms with Crippen LogP contribution in [0.25, 0.3) is 11.3 Å². The first-order chi connectivity index (χ1) is 33.9. The van der Waals surface area contributed by atoms with Crippen LogP contribution in [0.2, 0.25) is 5.15 Å². The minimum atomic E-state index is -2.67. The number of ether oxygens (including phenoxy) is 4. The van der Waals surface area contributed by atoms with E-state index in [2.05, 4.69) is 46.6 Å². The summed E-state index contributed by atoms with van der Waals surface area (Å²) in [6.45, 7) is 20.0. The minimum absolute atomic E-state index is 0.125. The second kappa shape index (κ2) is 24.0. The normalized spacial score (nSPS) is 20.3. The Labute approximate surface area is 417 Å². The number of nitrogens with zero attached hydrogens (tertiary/aromatic N) is 11. The highest BCUT2D eigenvalue weighted by Crippen LogP contribution is 2.38. The van der Waals surface area contributed by atoms with Gasteiger partial charge in [0.15, 0.2) is 5.82 Å². The maximum Gasteiger partial charge on any atom is 0.496 e. The standard InChI is InChI=1S/C19H23F2N5O2.C15H22BF2N3O2.C13H19ClN4O2/c20-18(21)15-11-13(22)1-2-14(15)16-12-17(25-3-7-27-8-4-25)24-19(23-16)26-5-9-28-10-6-26;1-14(2)15(3,4)23-16(22-14)11-8-19-12(20-9-21(5)6)7-10(11)13(17)18;1-10-9-20-7-4-18(10)13-15-11(14)8-12(16-13)17-2-5-19-6-3-17/h1-2,11-12,18H,3-10,22H2;7-9,13H,1-6H3;8,10H,2-7,9H2,1H3/t;;10-/m..0/s1. The van der Waals surface area contributed by atoms with Gasteiger partial charge in [-0.15, -0.1) is 0 Å². The van der Waals surface area contributed by atoms with Gasteiger partial charge in [0.2, 0.25) is 11.9 Å². The molecule has 0 bridgehead atoms. The highest BCUT2D eigenvalue weighted by molar-refractivity contribution is 6.62. The molecule has 0 radical (unpaired) electrons. The lowest BCUT2D eigenvalue weighted by Crippen LogP contribution is -2.45. The molecule has 71 heavy (non-hydrogen) atoms. The van der Waals surface area contributed by atoms with Crippen molar-refractivity contribution in [3.05, 3.63) is 58.9 Å². The highest BCUT2D eigenvalue weighted by Gasteiger charge is 2.52. The molecule has 0 saturated carbocycles. The predicted molar refractivity (Wildman–Crippen MR) is 267 cm³/mol. The van der Waals surface area contributed by atoms with E-state index >= 15 is 0 Å². The molecule has 5 saturated heterocycles. The molecule has 1 atom stereocenters. The second-order valence-corrected chi connectivity index (χ2v) is 19.0. The van der Waals surface area contributed by atoms with Gasteiger partial charge in [-0.1, -0.05) is 17.7 Å². The first-order valence-electron chi connectivity index (χ1n) is 23.7. The van der Waals surface area contributed by atoms with Crippen molar-refractivity contribution in [1.82, 2.24) is 29.8 Å². The molecule has 1 aromatic carbocycles. The summed E-state index contributed by atoms with van der Waals surface area (Å²) in [4.78, 5) is 36.7. The molecular weight excluding hydrogens is 951 g/mol. The van der Waals surface area contributed by atoms with Gasteiger partial charge >= 0.3 is 7.12 Å². The van der Waals surface area contributed by atoms with Gasteiger partial charge < -0.3 is 58.5 Å². The number of benzene rings is 1. The Balaban J connectivity index is 0.000000159. The third-order valence-electron chi connectivity index (χ3n) is 12.7. The number of morpholine rings is 4. The average molecular weight is 1020 g/mol. The number of rotatable bonds is 10. The lowest BCUT2D eigenvalue weighted by molar-refractivity contribution is 0.00578. The predicted octanol–water partition coefficient (Wildman–Crippen LogP) is 6.07. The van der Waals surface area contributed by atoms with E-state index in [9.17, 15) is 17.6 Å². The quantitative estimate of drug-likeness (QED) is 0.0484. The van der Waals surface area contributed by atoms with Crippen LogP contribution in [0.4, 0.5) is 52.6 Å². The van der Waals surface area contributed by atoms with Gasteiger partial charge in [-0.25, -0.2) is 37.5 Å². The Bertz CT molecular complexity index is 2360. The van der Waals surface area contributed by atoms with Crippen molar-refractivity contribution in [2.45, 2.75) is 64.7 Å². The molecule has 18 nitrogen and oxygen atoms in total. The fourth-order valence-electron chi connectivity index (χ4n) is 7.99. The van der Waals surface area contributed by atoms with Crippen LogP contribution >= 0.6 is 11.6 Å². The van der Waals surface area contributed by atoms with Crippen LogP contribution in [0.3, 0.4) is 0 Å². The summed E-state index contributed by atoms with van der Waals surface area (Å²) in [6.07, 6.45) is -2.45. The zero-order valence-electron chi connectivity index (χ0n) is 41.4. The Kier molecular flexibility index (Phi) is 18.2. The molecule has 8 heterocycles. The number of halogens is 5. The first kappa shape index (κ1) is 53.6. The molecule has 0 aliphatic carbocycles. The fourth-order valence-corrected chi connectivity index (χ4v) is 8.16. The number of nitrogens with two attached hydrogens (primary N) is 1. The summed E-state index contributed by atoms with van der Waals surface area (Å²) >= 11 is 6.17. The second-order valence-electron chi connectivity index (χ2n) is 18.6. The molecule has 386 valence electrons.